The molecule has 5 heteroatoms. The Bertz CT molecular complexity index is 687. The maximum absolute atomic E-state index is 11.4. The van der Waals surface area contributed by atoms with Crippen molar-refractivity contribution in [2.75, 3.05) is 19.4 Å². The average molecular weight is 331 g/mol. The maximum atomic E-state index is 11.4. The van der Waals surface area contributed by atoms with Crippen molar-refractivity contribution in [2.24, 2.45) is 0 Å². The van der Waals surface area contributed by atoms with E-state index in [2.05, 4.69) is 12.2 Å². The molecule has 0 aliphatic carbocycles. The third kappa shape index (κ3) is 3.92. The molecule has 0 unspecified atom stereocenters. The van der Waals surface area contributed by atoms with Crippen LogP contribution in [0.15, 0.2) is 53.4 Å². The molecule has 0 bridgehead atoms. The fourth-order valence-corrected chi connectivity index (χ4v) is 3.06. The van der Waals surface area contributed by atoms with E-state index in [1.807, 2.05) is 48.5 Å². The van der Waals surface area contributed by atoms with E-state index >= 15 is 0 Å². The van der Waals surface area contributed by atoms with Crippen LogP contribution in [0.2, 0.25) is 0 Å². The molecule has 0 aromatic heterocycles. The molecular weight excluding hydrogens is 310 g/mol. The number of ether oxygens (including phenoxy) is 2. The lowest BCUT2D eigenvalue weighted by atomic mass is 10.1. The van der Waals surface area contributed by atoms with E-state index < -0.39 is 10.8 Å². The molecular formula is C18H21NO3S. The molecule has 1 aliphatic rings. The van der Waals surface area contributed by atoms with Crippen LogP contribution < -0.4 is 14.8 Å². The molecule has 23 heavy (non-hydrogen) atoms. The van der Waals surface area contributed by atoms with Crippen molar-refractivity contribution < 1.29 is 13.7 Å². The maximum Gasteiger partial charge on any atom is 0.161 e. The lowest BCUT2D eigenvalue weighted by Crippen LogP contribution is -2.39. The van der Waals surface area contributed by atoms with Crippen molar-refractivity contribution in [3.05, 3.63) is 54.1 Å². The fourth-order valence-electron chi connectivity index (χ4n) is 2.54. The number of rotatable bonds is 5. The smallest absolute Gasteiger partial charge is 0.161 e. The van der Waals surface area contributed by atoms with Gasteiger partial charge in [0.15, 0.2) is 11.5 Å². The topological polar surface area (TPSA) is 47.6 Å². The number of fused-ring (bicyclic) bond motifs is 1. The Labute approximate surface area is 139 Å². The van der Waals surface area contributed by atoms with Crippen LogP contribution in [0.4, 0.5) is 0 Å². The molecule has 3 atom stereocenters. The zero-order chi connectivity index (χ0) is 16.2. The summed E-state index contributed by atoms with van der Waals surface area (Å²) in [5.41, 5.74) is 1.16. The average Bonchev–Trinajstić information content (AvgIpc) is 2.59. The number of hydrogen-bond acceptors (Lipinski definition) is 4. The van der Waals surface area contributed by atoms with E-state index in [9.17, 15) is 4.21 Å². The van der Waals surface area contributed by atoms with E-state index in [1.165, 1.54) is 0 Å². The predicted molar refractivity (Wildman–Crippen MR) is 91.5 cm³/mol. The summed E-state index contributed by atoms with van der Waals surface area (Å²) in [6.07, 6.45) is 1.68. The largest absolute Gasteiger partial charge is 0.486 e. The Kier molecular flexibility index (Phi) is 4.98. The van der Waals surface area contributed by atoms with E-state index in [-0.39, 0.29) is 12.1 Å². The molecule has 0 fully saturated rings. The minimum Gasteiger partial charge on any atom is -0.486 e. The summed E-state index contributed by atoms with van der Waals surface area (Å²) in [5.74, 6) is 1.60. The highest BCUT2D eigenvalue weighted by molar-refractivity contribution is 7.84. The van der Waals surface area contributed by atoms with Gasteiger partial charge in [-0.3, -0.25) is 4.21 Å². The van der Waals surface area contributed by atoms with Gasteiger partial charge < -0.3 is 14.8 Å². The van der Waals surface area contributed by atoms with Gasteiger partial charge in [-0.15, -0.1) is 0 Å². The van der Waals surface area contributed by atoms with Crippen LogP contribution in [0.3, 0.4) is 0 Å². The van der Waals surface area contributed by atoms with Crippen LogP contribution in [0.5, 0.6) is 11.5 Å². The van der Waals surface area contributed by atoms with Gasteiger partial charge in [-0.2, -0.15) is 0 Å². The van der Waals surface area contributed by atoms with Gasteiger partial charge in [0.1, 0.15) is 12.7 Å². The van der Waals surface area contributed by atoms with Gasteiger partial charge in [0.2, 0.25) is 0 Å². The normalized spacial score (nSPS) is 19.1. The summed E-state index contributed by atoms with van der Waals surface area (Å²) in [4.78, 5) is 0.849. The van der Waals surface area contributed by atoms with Gasteiger partial charge in [0.05, 0.1) is 0 Å². The van der Waals surface area contributed by atoms with Crippen LogP contribution in [-0.4, -0.2) is 29.7 Å². The third-order valence-corrected chi connectivity index (χ3v) is 4.87. The Morgan fingerprint density at radius 2 is 1.87 bits per heavy atom. The highest BCUT2D eigenvalue weighted by Crippen LogP contribution is 2.30. The predicted octanol–water partition coefficient (Wildman–Crippen LogP) is 2.91. The Balaban J connectivity index is 1.55. The summed E-state index contributed by atoms with van der Waals surface area (Å²) >= 11 is 0. The Morgan fingerprint density at radius 3 is 2.57 bits per heavy atom. The molecule has 1 aliphatic heterocycles. The van der Waals surface area contributed by atoms with E-state index in [0.717, 1.165) is 22.0 Å². The second-order valence-corrected chi connectivity index (χ2v) is 7.03. The quantitative estimate of drug-likeness (QED) is 0.915. The van der Waals surface area contributed by atoms with Crippen LogP contribution in [0.1, 0.15) is 18.5 Å². The molecule has 122 valence electrons. The second-order valence-electron chi connectivity index (χ2n) is 5.65. The van der Waals surface area contributed by atoms with Crippen molar-refractivity contribution in [2.45, 2.75) is 24.0 Å². The first kappa shape index (κ1) is 16.0. The summed E-state index contributed by atoms with van der Waals surface area (Å²) in [6.45, 7) is 3.36. The van der Waals surface area contributed by atoms with Crippen molar-refractivity contribution in [3.8, 4) is 11.5 Å². The lowest BCUT2D eigenvalue weighted by Gasteiger charge is -2.27. The standard InChI is InChI=1S/C18H21NO3S/c1-13(14-7-9-16(10-8-14)23(2)20)19-11-15-12-21-17-5-3-4-6-18(17)22-15/h3-10,13,15,19H,11-12H2,1-2H3/t13-,15+,23-/m0/s1. The first-order chi connectivity index (χ1) is 11.1. The SMILES string of the molecule is C[C@H](NC[C@@H]1COc2ccccc2O1)c1ccc([S@](C)=O)cc1. The first-order valence-electron chi connectivity index (χ1n) is 7.69. The van der Waals surface area contributed by atoms with Gasteiger partial charge in [-0.05, 0) is 36.8 Å². The van der Waals surface area contributed by atoms with Gasteiger partial charge in [-0.25, -0.2) is 0 Å². The Hall–Kier alpha value is -1.85. The zero-order valence-electron chi connectivity index (χ0n) is 13.3. The monoisotopic (exact) mass is 331 g/mol. The van der Waals surface area contributed by atoms with E-state index in [0.29, 0.717) is 13.2 Å². The first-order valence-corrected chi connectivity index (χ1v) is 9.24. The van der Waals surface area contributed by atoms with Crippen molar-refractivity contribution in [3.63, 3.8) is 0 Å². The minimum atomic E-state index is -0.936. The van der Waals surface area contributed by atoms with Gasteiger partial charge in [0, 0.05) is 34.5 Å². The van der Waals surface area contributed by atoms with Crippen molar-refractivity contribution >= 4 is 10.8 Å². The van der Waals surface area contributed by atoms with Crippen molar-refractivity contribution in [1.82, 2.24) is 5.32 Å². The molecule has 2 aromatic carbocycles. The molecule has 1 N–H and O–H groups in total. The van der Waals surface area contributed by atoms with Crippen LogP contribution in [-0.2, 0) is 10.8 Å². The number of hydrogen-bond donors (Lipinski definition) is 1. The molecule has 0 spiro atoms. The molecule has 0 saturated carbocycles. The highest BCUT2D eigenvalue weighted by atomic mass is 32.2. The fraction of sp³-hybridized carbons (Fsp3) is 0.333. The van der Waals surface area contributed by atoms with E-state index in [4.69, 9.17) is 9.47 Å². The van der Waals surface area contributed by atoms with Crippen molar-refractivity contribution in [1.29, 1.82) is 0 Å². The molecule has 4 nitrogen and oxygen atoms in total. The molecule has 0 saturated heterocycles. The molecule has 2 aromatic rings. The second kappa shape index (κ2) is 7.15. The number of nitrogens with one attached hydrogen (secondary N) is 1. The lowest BCUT2D eigenvalue weighted by molar-refractivity contribution is 0.0886. The third-order valence-electron chi connectivity index (χ3n) is 3.93. The molecule has 3 rings (SSSR count). The van der Waals surface area contributed by atoms with Gasteiger partial charge in [-0.1, -0.05) is 24.3 Å². The molecule has 0 amide bonds. The summed E-state index contributed by atoms with van der Waals surface area (Å²) in [6, 6.07) is 15.8. The Morgan fingerprint density at radius 1 is 1.17 bits per heavy atom. The highest BCUT2D eigenvalue weighted by Gasteiger charge is 2.21. The van der Waals surface area contributed by atoms with Crippen LogP contribution in [0.25, 0.3) is 0 Å². The summed E-state index contributed by atoms with van der Waals surface area (Å²) < 4.78 is 23.1. The minimum absolute atomic E-state index is 0.00484. The van der Waals surface area contributed by atoms with Gasteiger partial charge in [0.25, 0.3) is 0 Å². The zero-order valence-corrected chi connectivity index (χ0v) is 14.1. The van der Waals surface area contributed by atoms with Crippen LogP contribution >= 0.6 is 0 Å². The van der Waals surface area contributed by atoms with Gasteiger partial charge >= 0.3 is 0 Å². The molecule has 0 radical (unpaired) electrons. The number of benzene rings is 2. The van der Waals surface area contributed by atoms with E-state index in [1.54, 1.807) is 6.26 Å². The number of para-hydroxylation sites is 2. The van der Waals surface area contributed by atoms with Crippen LogP contribution in [0, 0.1) is 0 Å². The molecule has 1 heterocycles. The summed E-state index contributed by atoms with van der Waals surface area (Å²) in [7, 11) is -0.936. The summed E-state index contributed by atoms with van der Waals surface area (Å²) in [5, 5.41) is 3.47.